The molecule has 29 heavy (non-hydrogen) atoms. The van der Waals surface area contributed by atoms with Crippen LogP contribution in [0, 0.1) is 0 Å². The molecule has 2 aromatic heterocycles. The zero-order valence-corrected chi connectivity index (χ0v) is 16.0. The number of hydrogen-bond acceptors (Lipinski definition) is 5. The summed E-state index contributed by atoms with van der Waals surface area (Å²) in [5.41, 5.74) is 3.35. The smallest absolute Gasteiger partial charge is 0.246 e. The molecule has 8 nitrogen and oxygen atoms in total. The van der Waals surface area contributed by atoms with E-state index in [1.807, 2.05) is 48.5 Å². The average Bonchev–Trinajstić information content (AvgIpc) is 3.25. The van der Waals surface area contributed by atoms with Gasteiger partial charge in [0.2, 0.25) is 5.91 Å². The summed E-state index contributed by atoms with van der Waals surface area (Å²) >= 11 is 0. The van der Waals surface area contributed by atoms with E-state index in [2.05, 4.69) is 30.4 Å². The maximum absolute atomic E-state index is 12.4. The predicted octanol–water partition coefficient (Wildman–Crippen LogP) is 3.05. The number of rotatable bonds is 4. The number of aromatic nitrogens is 6. The summed E-state index contributed by atoms with van der Waals surface area (Å²) in [5, 5.41) is 19.8. The number of benzene rings is 2. The van der Waals surface area contributed by atoms with Gasteiger partial charge in [0.05, 0.1) is 5.52 Å². The molecule has 0 spiro atoms. The average molecular weight is 387 g/mol. The molecule has 4 aromatic rings. The van der Waals surface area contributed by atoms with Gasteiger partial charge in [0.1, 0.15) is 17.9 Å². The van der Waals surface area contributed by atoms with Crippen molar-refractivity contribution in [1.29, 1.82) is 0 Å². The Balaban J connectivity index is 1.29. The molecule has 1 aliphatic rings. The Morgan fingerprint density at radius 2 is 1.83 bits per heavy atom. The highest BCUT2D eigenvalue weighted by Crippen LogP contribution is 2.24. The Labute approximate surface area is 167 Å². The van der Waals surface area contributed by atoms with E-state index in [4.69, 9.17) is 0 Å². The molecular weight excluding hydrogens is 366 g/mol. The zero-order chi connectivity index (χ0) is 19.6. The molecule has 2 aromatic carbocycles. The lowest BCUT2D eigenvalue weighted by atomic mass is 10.2. The molecule has 5 rings (SSSR count). The molecule has 8 heteroatoms. The molecule has 0 atom stereocenters. The van der Waals surface area contributed by atoms with Crippen molar-refractivity contribution in [2.75, 3.05) is 5.32 Å². The Morgan fingerprint density at radius 1 is 0.966 bits per heavy atom. The molecule has 1 aliphatic heterocycles. The minimum Gasteiger partial charge on any atom is -0.324 e. The van der Waals surface area contributed by atoms with Crippen LogP contribution in [0.4, 0.5) is 5.69 Å². The second-order valence-electron chi connectivity index (χ2n) is 7.26. The quantitative estimate of drug-likeness (QED) is 0.581. The molecule has 0 aliphatic carbocycles. The third-order valence-electron chi connectivity index (χ3n) is 5.25. The summed E-state index contributed by atoms with van der Waals surface area (Å²) in [7, 11) is 0. The number of carbonyl (C=O) groups is 1. The maximum atomic E-state index is 12.4. The molecule has 1 amide bonds. The van der Waals surface area contributed by atoms with Gasteiger partial charge in [-0.3, -0.25) is 4.79 Å². The Bertz CT molecular complexity index is 1160. The topological polar surface area (TPSA) is 90.5 Å². The Morgan fingerprint density at radius 3 is 2.72 bits per heavy atom. The molecular formula is C21H21N7O. The number of aryl methyl sites for hydroxylation is 1. The van der Waals surface area contributed by atoms with Crippen molar-refractivity contribution in [3.63, 3.8) is 0 Å². The molecule has 1 N–H and O–H groups in total. The summed E-state index contributed by atoms with van der Waals surface area (Å²) in [6.07, 6.45) is 4.54. The van der Waals surface area contributed by atoms with E-state index in [0.717, 1.165) is 53.3 Å². The standard InChI is InChI=1S/C21H21N7O/c29-20(14-28-18-7-4-3-6-17(18)23-26-28)22-16-11-9-15(10-12-16)21-25-24-19-8-2-1-5-13-27(19)21/h3-4,6-7,9-12H,1-2,5,8,13-14H2,(H,22,29). The van der Waals surface area contributed by atoms with Crippen LogP contribution < -0.4 is 5.32 Å². The number of anilines is 1. The van der Waals surface area contributed by atoms with Crippen LogP contribution in [0.3, 0.4) is 0 Å². The first-order chi connectivity index (χ1) is 14.3. The third-order valence-corrected chi connectivity index (χ3v) is 5.25. The number of carbonyl (C=O) groups excluding carboxylic acids is 1. The highest BCUT2D eigenvalue weighted by Gasteiger charge is 2.16. The summed E-state index contributed by atoms with van der Waals surface area (Å²) in [6, 6.07) is 15.3. The summed E-state index contributed by atoms with van der Waals surface area (Å²) in [5.74, 6) is 1.81. The fourth-order valence-electron chi connectivity index (χ4n) is 3.77. The molecule has 0 fully saturated rings. The third kappa shape index (κ3) is 3.49. The van der Waals surface area contributed by atoms with Crippen LogP contribution in [0.2, 0.25) is 0 Å². The van der Waals surface area contributed by atoms with E-state index in [-0.39, 0.29) is 12.5 Å². The van der Waals surface area contributed by atoms with E-state index < -0.39 is 0 Å². The summed E-state index contributed by atoms with van der Waals surface area (Å²) in [6.45, 7) is 1.07. The number of hydrogen-bond donors (Lipinski definition) is 1. The van der Waals surface area contributed by atoms with Crippen molar-refractivity contribution in [3.05, 3.63) is 54.4 Å². The molecule has 0 saturated heterocycles. The normalized spacial score (nSPS) is 13.8. The van der Waals surface area contributed by atoms with Crippen molar-refractivity contribution >= 4 is 22.6 Å². The van der Waals surface area contributed by atoms with Gasteiger partial charge in [-0.1, -0.05) is 23.8 Å². The van der Waals surface area contributed by atoms with Crippen LogP contribution in [0.1, 0.15) is 25.1 Å². The van der Waals surface area contributed by atoms with Gasteiger partial charge >= 0.3 is 0 Å². The summed E-state index contributed by atoms with van der Waals surface area (Å²) in [4.78, 5) is 12.4. The second-order valence-corrected chi connectivity index (χ2v) is 7.26. The van der Waals surface area contributed by atoms with Crippen LogP contribution in [0.5, 0.6) is 0 Å². The van der Waals surface area contributed by atoms with Crippen LogP contribution in [-0.4, -0.2) is 35.7 Å². The van der Waals surface area contributed by atoms with Crippen molar-refractivity contribution in [2.45, 2.75) is 38.8 Å². The Kier molecular flexibility index (Phi) is 4.51. The first-order valence-corrected chi connectivity index (χ1v) is 9.88. The molecule has 0 radical (unpaired) electrons. The van der Waals surface area contributed by atoms with E-state index in [9.17, 15) is 4.79 Å². The fraction of sp³-hybridized carbons (Fsp3) is 0.286. The largest absolute Gasteiger partial charge is 0.324 e. The number of nitrogens with one attached hydrogen (secondary N) is 1. The lowest BCUT2D eigenvalue weighted by Gasteiger charge is -2.09. The maximum Gasteiger partial charge on any atom is 0.246 e. The first kappa shape index (κ1) is 17.5. The van der Waals surface area contributed by atoms with Crippen LogP contribution in [-0.2, 0) is 24.3 Å². The SMILES string of the molecule is O=C(Cn1nnc2ccccc21)Nc1ccc(-c2nnc3n2CCCCC3)cc1. The highest BCUT2D eigenvalue weighted by molar-refractivity contribution is 5.91. The van der Waals surface area contributed by atoms with Crippen LogP contribution in [0.25, 0.3) is 22.4 Å². The lowest BCUT2D eigenvalue weighted by Crippen LogP contribution is -2.19. The minimum absolute atomic E-state index is 0.111. The van der Waals surface area contributed by atoms with Gasteiger partial charge in [0.25, 0.3) is 0 Å². The molecule has 146 valence electrons. The van der Waals surface area contributed by atoms with Crippen molar-refractivity contribution < 1.29 is 4.79 Å². The van der Waals surface area contributed by atoms with Crippen LogP contribution >= 0.6 is 0 Å². The predicted molar refractivity (Wildman–Crippen MR) is 109 cm³/mol. The fourth-order valence-corrected chi connectivity index (χ4v) is 3.77. The number of nitrogens with zero attached hydrogens (tertiary/aromatic N) is 6. The molecule has 3 heterocycles. The van der Waals surface area contributed by atoms with E-state index >= 15 is 0 Å². The molecule has 0 bridgehead atoms. The van der Waals surface area contributed by atoms with E-state index in [0.29, 0.717) is 0 Å². The minimum atomic E-state index is -0.148. The number of amides is 1. The number of para-hydroxylation sites is 1. The Hall–Kier alpha value is -3.55. The van der Waals surface area contributed by atoms with Gasteiger partial charge in [-0.15, -0.1) is 15.3 Å². The van der Waals surface area contributed by atoms with E-state index in [1.54, 1.807) is 4.68 Å². The van der Waals surface area contributed by atoms with Gasteiger partial charge in [0, 0.05) is 24.2 Å². The first-order valence-electron chi connectivity index (χ1n) is 9.88. The zero-order valence-electron chi connectivity index (χ0n) is 16.0. The van der Waals surface area contributed by atoms with E-state index in [1.165, 1.54) is 12.8 Å². The lowest BCUT2D eigenvalue weighted by molar-refractivity contribution is -0.116. The number of fused-ring (bicyclic) bond motifs is 2. The molecule has 0 unspecified atom stereocenters. The van der Waals surface area contributed by atoms with Gasteiger partial charge in [-0.2, -0.15) is 0 Å². The van der Waals surface area contributed by atoms with Gasteiger partial charge in [-0.05, 0) is 49.2 Å². The van der Waals surface area contributed by atoms with Crippen molar-refractivity contribution in [2.24, 2.45) is 0 Å². The van der Waals surface area contributed by atoms with Crippen LogP contribution in [0.15, 0.2) is 48.5 Å². The monoisotopic (exact) mass is 387 g/mol. The van der Waals surface area contributed by atoms with Gasteiger partial charge in [-0.25, -0.2) is 4.68 Å². The highest BCUT2D eigenvalue weighted by atomic mass is 16.2. The summed E-state index contributed by atoms with van der Waals surface area (Å²) < 4.78 is 3.82. The van der Waals surface area contributed by atoms with Gasteiger partial charge < -0.3 is 9.88 Å². The van der Waals surface area contributed by atoms with Crippen molar-refractivity contribution in [3.8, 4) is 11.4 Å². The van der Waals surface area contributed by atoms with Crippen molar-refractivity contribution in [1.82, 2.24) is 29.8 Å². The second kappa shape index (κ2) is 7.46. The van der Waals surface area contributed by atoms with Gasteiger partial charge in [0.15, 0.2) is 5.82 Å². The molecule has 0 saturated carbocycles.